The van der Waals surface area contributed by atoms with E-state index >= 15 is 0 Å². The first kappa shape index (κ1) is 18.4. The van der Waals surface area contributed by atoms with Crippen LogP contribution in [0.3, 0.4) is 0 Å². The van der Waals surface area contributed by atoms with E-state index in [1.165, 1.54) is 11.1 Å². The summed E-state index contributed by atoms with van der Waals surface area (Å²) in [6.45, 7) is 7.61. The summed E-state index contributed by atoms with van der Waals surface area (Å²) in [6, 6.07) is 8.40. The summed E-state index contributed by atoms with van der Waals surface area (Å²) >= 11 is 0. The van der Waals surface area contributed by atoms with Gasteiger partial charge >= 0.3 is 0 Å². The highest BCUT2D eigenvalue weighted by atomic mass is 16.5. The van der Waals surface area contributed by atoms with Crippen LogP contribution in [0.4, 0.5) is 0 Å². The molecule has 0 aromatic heterocycles. The average Bonchev–Trinajstić information content (AvgIpc) is 2.99. The minimum Gasteiger partial charge on any atom is -0.373 e. The van der Waals surface area contributed by atoms with Crippen molar-refractivity contribution >= 4 is 5.91 Å². The van der Waals surface area contributed by atoms with E-state index in [-0.39, 0.29) is 30.1 Å². The van der Waals surface area contributed by atoms with E-state index in [2.05, 4.69) is 42.3 Å². The van der Waals surface area contributed by atoms with Crippen molar-refractivity contribution in [1.29, 1.82) is 0 Å². The average molecular weight is 345 g/mol. The quantitative estimate of drug-likeness (QED) is 0.857. The Kier molecular flexibility index (Phi) is 6.10. The summed E-state index contributed by atoms with van der Waals surface area (Å²) in [6.07, 6.45) is 3.46. The first-order chi connectivity index (χ1) is 12.0. The number of hydrogen-bond acceptors (Lipinski definition) is 4. The smallest absolute Gasteiger partial charge is 0.224 e. The minimum absolute atomic E-state index is 0.0200. The fraction of sp³-hybridized carbons (Fsp3) is 0.650. The Morgan fingerprint density at radius 3 is 2.52 bits per heavy atom. The number of ether oxygens (including phenoxy) is 1. The van der Waals surface area contributed by atoms with Gasteiger partial charge in [-0.1, -0.05) is 30.7 Å². The number of carbonyl (C=O) groups excluding carboxylic acids is 1. The number of nitrogens with one attached hydrogen (secondary N) is 1. The molecule has 2 aliphatic rings. The molecule has 4 atom stereocenters. The second-order valence-corrected chi connectivity index (χ2v) is 7.64. The summed E-state index contributed by atoms with van der Waals surface area (Å²) in [5, 5.41) is 3.10. The van der Waals surface area contributed by atoms with Gasteiger partial charge in [-0.3, -0.25) is 9.69 Å². The number of nitrogens with two attached hydrogens (primary N) is 1. The second kappa shape index (κ2) is 8.30. The first-order valence-electron chi connectivity index (χ1n) is 9.51. The standard InChI is InChI=1S/C20H31N3O2/c1-14-11-23(12-15(2)25-14)13-17-7-4-3-6-16(17)10-22-20(24)18-8-5-9-19(18)21/h3-4,6-7,14-15,18-19H,5,8-13,21H2,1-2H3,(H,22,24)/t14-,15+,18-,19-/m1/s1. The fourth-order valence-corrected chi connectivity index (χ4v) is 4.17. The summed E-state index contributed by atoms with van der Waals surface area (Å²) in [5.41, 5.74) is 8.52. The highest BCUT2D eigenvalue weighted by molar-refractivity contribution is 5.79. The summed E-state index contributed by atoms with van der Waals surface area (Å²) in [7, 11) is 0. The lowest BCUT2D eigenvalue weighted by molar-refractivity contribution is -0.125. The van der Waals surface area contributed by atoms with E-state index in [1.54, 1.807) is 0 Å². The molecule has 5 heteroatoms. The maximum Gasteiger partial charge on any atom is 0.224 e. The third-order valence-electron chi connectivity index (χ3n) is 5.37. The van der Waals surface area contributed by atoms with Crippen LogP contribution >= 0.6 is 0 Å². The highest BCUT2D eigenvalue weighted by Gasteiger charge is 2.30. The number of morpholine rings is 1. The third kappa shape index (κ3) is 4.81. The summed E-state index contributed by atoms with van der Waals surface area (Å²) in [4.78, 5) is 14.8. The molecule has 1 amide bonds. The lowest BCUT2D eigenvalue weighted by Crippen LogP contribution is -2.45. The topological polar surface area (TPSA) is 67.6 Å². The van der Waals surface area contributed by atoms with Crippen LogP contribution in [0.25, 0.3) is 0 Å². The molecule has 1 saturated carbocycles. The van der Waals surface area contributed by atoms with Crippen LogP contribution in [-0.2, 0) is 22.6 Å². The first-order valence-corrected chi connectivity index (χ1v) is 9.51. The molecule has 1 aromatic carbocycles. The summed E-state index contributed by atoms with van der Waals surface area (Å²) in [5.74, 6) is 0.0847. The van der Waals surface area contributed by atoms with Gasteiger partial charge in [0, 0.05) is 32.2 Å². The molecule has 25 heavy (non-hydrogen) atoms. The maximum atomic E-state index is 12.4. The lowest BCUT2D eigenvalue weighted by Gasteiger charge is -2.35. The molecule has 1 heterocycles. The molecule has 1 aliphatic carbocycles. The Hall–Kier alpha value is -1.43. The normalized spacial score (nSPS) is 30.4. The maximum absolute atomic E-state index is 12.4. The number of hydrogen-bond donors (Lipinski definition) is 2. The lowest BCUT2D eigenvalue weighted by atomic mass is 10.0. The Morgan fingerprint density at radius 1 is 1.20 bits per heavy atom. The molecule has 2 fully saturated rings. The predicted octanol–water partition coefficient (Wildman–Crippen LogP) is 2.04. The third-order valence-corrected chi connectivity index (χ3v) is 5.37. The molecule has 0 bridgehead atoms. The van der Waals surface area contributed by atoms with Gasteiger partial charge < -0.3 is 15.8 Å². The van der Waals surface area contributed by atoms with Crippen LogP contribution in [0.1, 0.15) is 44.2 Å². The highest BCUT2D eigenvalue weighted by Crippen LogP contribution is 2.24. The Balaban J connectivity index is 1.60. The molecule has 1 aliphatic heterocycles. The second-order valence-electron chi connectivity index (χ2n) is 7.64. The van der Waals surface area contributed by atoms with Crippen molar-refractivity contribution < 1.29 is 9.53 Å². The van der Waals surface area contributed by atoms with Crippen LogP contribution in [0.5, 0.6) is 0 Å². The molecule has 3 N–H and O–H groups in total. The largest absolute Gasteiger partial charge is 0.373 e. The monoisotopic (exact) mass is 345 g/mol. The van der Waals surface area contributed by atoms with Gasteiger partial charge in [0.2, 0.25) is 5.91 Å². The Morgan fingerprint density at radius 2 is 1.88 bits per heavy atom. The Bertz CT molecular complexity index is 582. The van der Waals surface area contributed by atoms with Crippen LogP contribution in [0.15, 0.2) is 24.3 Å². The zero-order chi connectivity index (χ0) is 17.8. The molecule has 3 rings (SSSR count). The molecule has 1 aromatic rings. The van der Waals surface area contributed by atoms with Crippen LogP contribution in [-0.4, -0.2) is 42.1 Å². The number of rotatable bonds is 5. The van der Waals surface area contributed by atoms with Crippen LogP contribution < -0.4 is 11.1 Å². The van der Waals surface area contributed by atoms with Crippen molar-refractivity contribution in [2.75, 3.05) is 13.1 Å². The Labute approximate surface area is 150 Å². The zero-order valence-electron chi connectivity index (χ0n) is 15.4. The van der Waals surface area contributed by atoms with Gasteiger partial charge in [-0.2, -0.15) is 0 Å². The number of benzene rings is 1. The SMILES string of the molecule is C[C@@H]1CN(Cc2ccccc2CNC(=O)[C@@H]2CCC[C@H]2N)C[C@H](C)O1. The van der Waals surface area contributed by atoms with Crippen molar-refractivity contribution in [3.8, 4) is 0 Å². The van der Waals surface area contributed by atoms with E-state index < -0.39 is 0 Å². The van der Waals surface area contributed by atoms with Crippen molar-refractivity contribution in [3.05, 3.63) is 35.4 Å². The minimum atomic E-state index is -0.0203. The number of carbonyl (C=O) groups is 1. The molecule has 1 saturated heterocycles. The van der Waals surface area contributed by atoms with Crippen LogP contribution in [0, 0.1) is 5.92 Å². The summed E-state index contributed by atoms with van der Waals surface area (Å²) < 4.78 is 5.82. The van der Waals surface area contributed by atoms with Crippen molar-refractivity contribution in [3.63, 3.8) is 0 Å². The number of amides is 1. The van der Waals surface area contributed by atoms with Gasteiger partial charge in [0.15, 0.2) is 0 Å². The molecule has 0 radical (unpaired) electrons. The molecule has 138 valence electrons. The predicted molar refractivity (Wildman–Crippen MR) is 98.9 cm³/mol. The zero-order valence-corrected chi connectivity index (χ0v) is 15.4. The van der Waals surface area contributed by atoms with Gasteiger partial charge in [0.05, 0.1) is 18.1 Å². The van der Waals surface area contributed by atoms with Gasteiger partial charge in [-0.15, -0.1) is 0 Å². The van der Waals surface area contributed by atoms with E-state index in [1.807, 2.05) is 6.07 Å². The van der Waals surface area contributed by atoms with E-state index in [4.69, 9.17) is 10.5 Å². The van der Waals surface area contributed by atoms with Gasteiger partial charge in [-0.05, 0) is 37.8 Å². The van der Waals surface area contributed by atoms with Crippen molar-refractivity contribution in [1.82, 2.24) is 10.2 Å². The van der Waals surface area contributed by atoms with Gasteiger partial charge in [-0.25, -0.2) is 0 Å². The van der Waals surface area contributed by atoms with E-state index in [9.17, 15) is 4.79 Å². The van der Waals surface area contributed by atoms with Crippen molar-refractivity contribution in [2.45, 2.75) is 64.4 Å². The molecule has 0 spiro atoms. The molecular formula is C20H31N3O2. The van der Waals surface area contributed by atoms with E-state index in [0.717, 1.165) is 38.9 Å². The molecular weight excluding hydrogens is 314 g/mol. The fourth-order valence-electron chi connectivity index (χ4n) is 4.17. The van der Waals surface area contributed by atoms with Crippen LogP contribution in [0.2, 0.25) is 0 Å². The van der Waals surface area contributed by atoms with Crippen molar-refractivity contribution in [2.24, 2.45) is 11.7 Å². The van der Waals surface area contributed by atoms with Gasteiger partial charge in [0.1, 0.15) is 0 Å². The van der Waals surface area contributed by atoms with E-state index in [0.29, 0.717) is 6.54 Å². The van der Waals surface area contributed by atoms with Gasteiger partial charge in [0.25, 0.3) is 0 Å². The molecule has 0 unspecified atom stereocenters. The molecule has 5 nitrogen and oxygen atoms in total. The number of nitrogens with zero attached hydrogens (tertiary/aromatic N) is 1.